The van der Waals surface area contributed by atoms with Crippen LogP contribution >= 0.6 is 0 Å². The Kier molecular flexibility index (Phi) is 4.89. The van der Waals surface area contributed by atoms with Crippen LogP contribution in [0.5, 0.6) is 0 Å². The Bertz CT molecular complexity index is 529. The van der Waals surface area contributed by atoms with Crippen LogP contribution in [0.3, 0.4) is 0 Å². The first-order valence-corrected chi connectivity index (χ1v) is 6.38. The summed E-state index contributed by atoms with van der Waals surface area (Å²) in [5, 5.41) is 11.8. The van der Waals surface area contributed by atoms with Crippen molar-refractivity contribution >= 4 is 17.6 Å². The summed E-state index contributed by atoms with van der Waals surface area (Å²) in [4.78, 5) is 22.9. The summed E-state index contributed by atoms with van der Waals surface area (Å²) in [6, 6.07) is 3.20. The van der Waals surface area contributed by atoms with Gasteiger partial charge in [0, 0.05) is 5.69 Å². The fourth-order valence-electron chi connectivity index (χ4n) is 1.63. The number of ether oxygens (including phenoxy) is 1. The highest BCUT2D eigenvalue weighted by Gasteiger charge is 2.15. The van der Waals surface area contributed by atoms with Gasteiger partial charge in [0.15, 0.2) is 0 Å². The van der Waals surface area contributed by atoms with Gasteiger partial charge in [0.2, 0.25) is 5.91 Å². The van der Waals surface area contributed by atoms with Crippen LogP contribution in [0.4, 0.5) is 5.69 Å². The standard InChI is InChI=1S/C15H21NO4/c1-9-6-11(7-12(10(9)2)14(18)19)16-13(17)8-20-15(3,4)5/h6-7H,8H2,1-5H3,(H,16,17)(H,18,19). The summed E-state index contributed by atoms with van der Waals surface area (Å²) in [5.41, 5.74) is 1.77. The van der Waals surface area contributed by atoms with Crippen LogP contribution in [0.2, 0.25) is 0 Å². The molecule has 2 N–H and O–H groups in total. The normalized spacial score (nSPS) is 11.2. The molecule has 1 aromatic rings. The number of carboxylic acid groups (broad SMARTS) is 1. The molecule has 0 bridgehead atoms. The van der Waals surface area contributed by atoms with Crippen molar-refractivity contribution in [3.05, 3.63) is 28.8 Å². The molecule has 5 nitrogen and oxygen atoms in total. The summed E-state index contributed by atoms with van der Waals surface area (Å²) in [6.45, 7) is 9.06. The number of benzene rings is 1. The third-order valence-electron chi connectivity index (χ3n) is 2.82. The van der Waals surface area contributed by atoms with Crippen molar-refractivity contribution in [2.45, 2.75) is 40.2 Å². The Labute approximate surface area is 118 Å². The van der Waals surface area contributed by atoms with E-state index in [4.69, 9.17) is 9.84 Å². The minimum Gasteiger partial charge on any atom is -0.478 e. The van der Waals surface area contributed by atoms with Gasteiger partial charge in [-0.2, -0.15) is 0 Å². The number of nitrogens with one attached hydrogen (secondary N) is 1. The molecule has 0 aliphatic heterocycles. The number of hydrogen-bond acceptors (Lipinski definition) is 3. The molecule has 5 heteroatoms. The molecule has 0 atom stereocenters. The molecular formula is C15H21NO4. The van der Waals surface area contributed by atoms with Crippen LogP contribution in [0.25, 0.3) is 0 Å². The van der Waals surface area contributed by atoms with E-state index >= 15 is 0 Å². The van der Waals surface area contributed by atoms with Crippen molar-refractivity contribution in [2.75, 3.05) is 11.9 Å². The first-order valence-electron chi connectivity index (χ1n) is 6.38. The van der Waals surface area contributed by atoms with Gasteiger partial charge in [0.25, 0.3) is 0 Å². The van der Waals surface area contributed by atoms with Crippen LogP contribution in [-0.2, 0) is 9.53 Å². The van der Waals surface area contributed by atoms with E-state index in [2.05, 4.69) is 5.32 Å². The Balaban J connectivity index is 2.83. The quantitative estimate of drug-likeness (QED) is 0.888. The lowest BCUT2D eigenvalue weighted by molar-refractivity contribution is -0.125. The molecule has 110 valence electrons. The summed E-state index contributed by atoms with van der Waals surface area (Å²) in [6.07, 6.45) is 0. The minimum atomic E-state index is -1.01. The van der Waals surface area contributed by atoms with Gasteiger partial charge in [0.05, 0.1) is 11.2 Å². The largest absolute Gasteiger partial charge is 0.478 e. The second-order valence-corrected chi connectivity index (χ2v) is 5.72. The van der Waals surface area contributed by atoms with Gasteiger partial charge in [-0.25, -0.2) is 4.79 Å². The van der Waals surface area contributed by atoms with Gasteiger partial charge in [-0.15, -0.1) is 0 Å². The molecule has 0 saturated heterocycles. The molecule has 1 aromatic carbocycles. The number of amides is 1. The van der Waals surface area contributed by atoms with Gasteiger partial charge in [0.1, 0.15) is 6.61 Å². The molecule has 0 spiro atoms. The number of aryl methyl sites for hydroxylation is 1. The van der Waals surface area contributed by atoms with Gasteiger partial charge in [-0.3, -0.25) is 4.79 Å². The molecule has 0 aliphatic rings. The third kappa shape index (κ3) is 4.66. The van der Waals surface area contributed by atoms with Crippen molar-refractivity contribution in [3.8, 4) is 0 Å². The van der Waals surface area contributed by atoms with E-state index in [-0.39, 0.29) is 18.1 Å². The predicted octanol–water partition coefficient (Wildman–Crippen LogP) is 2.76. The van der Waals surface area contributed by atoms with E-state index in [1.165, 1.54) is 6.07 Å². The second kappa shape index (κ2) is 6.05. The molecule has 0 heterocycles. The fraction of sp³-hybridized carbons (Fsp3) is 0.467. The van der Waals surface area contributed by atoms with Crippen LogP contribution < -0.4 is 5.32 Å². The van der Waals surface area contributed by atoms with Gasteiger partial charge >= 0.3 is 5.97 Å². The Morgan fingerprint density at radius 3 is 2.35 bits per heavy atom. The summed E-state index contributed by atoms with van der Waals surface area (Å²) < 4.78 is 5.37. The van der Waals surface area contributed by atoms with Crippen molar-refractivity contribution in [2.24, 2.45) is 0 Å². The highest BCUT2D eigenvalue weighted by atomic mass is 16.5. The molecule has 0 aromatic heterocycles. The minimum absolute atomic E-state index is 0.0706. The third-order valence-corrected chi connectivity index (χ3v) is 2.82. The van der Waals surface area contributed by atoms with E-state index in [0.29, 0.717) is 11.3 Å². The van der Waals surface area contributed by atoms with Crippen molar-refractivity contribution in [1.82, 2.24) is 0 Å². The van der Waals surface area contributed by atoms with Gasteiger partial charge < -0.3 is 15.2 Å². The number of aromatic carboxylic acids is 1. The molecule has 20 heavy (non-hydrogen) atoms. The van der Waals surface area contributed by atoms with E-state index < -0.39 is 11.6 Å². The number of hydrogen-bond donors (Lipinski definition) is 2. The number of rotatable bonds is 4. The van der Waals surface area contributed by atoms with Gasteiger partial charge in [-0.1, -0.05) is 0 Å². The predicted molar refractivity (Wildman–Crippen MR) is 77.2 cm³/mol. The number of anilines is 1. The maximum Gasteiger partial charge on any atom is 0.336 e. The molecule has 1 rings (SSSR count). The van der Waals surface area contributed by atoms with Crippen LogP contribution in [0, 0.1) is 13.8 Å². The molecule has 0 unspecified atom stereocenters. The zero-order chi connectivity index (χ0) is 15.5. The smallest absolute Gasteiger partial charge is 0.336 e. The lowest BCUT2D eigenvalue weighted by atomic mass is 10.0. The Morgan fingerprint density at radius 2 is 1.85 bits per heavy atom. The van der Waals surface area contributed by atoms with E-state index in [9.17, 15) is 9.59 Å². The Hall–Kier alpha value is -1.88. The maximum absolute atomic E-state index is 11.8. The average molecular weight is 279 g/mol. The first kappa shape index (κ1) is 16.2. The van der Waals surface area contributed by atoms with Crippen LogP contribution in [0.1, 0.15) is 42.3 Å². The second-order valence-electron chi connectivity index (χ2n) is 5.72. The zero-order valence-electron chi connectivity index (χ0n) is 12.5. The molecule has 0 saturated carbocycles. The lowest BCUT2D eigenvalue weighted by Crippen LogP contribution is -2.27. The molecule has 0 aliphatic carbocycles. The SMILES string of the molecule is Cc1cc(NC(=O)COC(C)(C)C)cc(C(=O)O)c1C. The number of carbonyl (C=O) groups is 2. The fourth-order valence-corrected chi connectivity index (χ4v) is 1.63. The summed E-state index contributed by atoms with van der Waals surface area (Å²) in [7, 11) is 0. The highest BCUT2D eigenvalue weighted by Crippen LogP contribution is 2.20. The van der Waals surface area contributed by atoms with Crippen LogP contribution in [-0.4, -0.2) is 29.2 Å². The Morgan fingerprint density at radius 1 is 1.25 bits per heavy atom. The van der Waals surface area contributed by atoms with E-state index in [1.54, 1.807) is 13.0 Å². The van der Waals surface area contributed by atoms with Gasteiger partial charge in [-0.05, 0) is 57.9 Å². The van der Waals surface area contributed by atoms with E-state index in [0.717, 1.165) is 5.56 Å². The summed E-state index contributed by atoms with van der Waals surface area (Å²) in [5.74, 6) is -1.31. The van der Waals surface area contributed by atoms with Crippen LogP contribution in [0.15, 0.2) is 12.1 Å². The molecular weight excluding hydrogens is 258 g/mol. The topological polar surface area (TPSA) is 75.6 Å². The molecule has 0 fully saturated rings. The van der Waals surface area contributed by atoms with E-state index in [1.807, 2.05) is 27.7 Å². The first-order chi connectivity index (χ1) is 9.10. The van der Waals surface area contributed by atoms with Crippen molar-refractivity contribution in [1.29, 1.82) is 0 Å². The molecule has 0 radical (unpaired) electrons. The summed E-state index contributed by atoms with van der Waals surface area (Å²) >= 11 is 0. The lowest BCUT2D eigenvalue weighted by Gasteiger charge is -2.19. The van der Waals surface area contributed by atoms with Crippen molar-refractivity contribution in [3.63, 3.8) is 0 Å². The number of carboxylic acids is 1. The average Bonchev–Trinajstić information content (AvgIpc) is 2.29. The molecule has 1 amide bonds. The van der Waals surface area contributed by atoms with Crippen molar-refractivity contribution < 1.29 is 19.4 Å². The zero-order valence-corrected chi connectivity index (χ0v) is 12.5. The number of carbonyl (C=O) groups excluding carboxylic acids is 1. The monoisotopic (exact) mass is 279 g/mol. The highest BCUT2D eigenvalue weighted by molar-refractivity contribution is 5.95. The maximum atomic E-state index is 11.8.